The third kappa shape index (κ3) is 2.92. The molecular weight excluding hydrogens is 302 g/mol. The van der Waals surface area contributed by atoms with Gasteiger partial charge in [-0.2, -0.15) is 4.98 Å². The Hall–Kier alpha value is -1.50. The van der Waals surface area contributed by atoms with E-state index in [1.54, 1.807) is 23.1 Å². The Morgan fingerprint density at radius 2 is 2.24 bits per heavy atom. The smallest absolute Gasteiger partial charge is 0.243 e. The Bertz CT molecular complexity index is 735. The second kappa shape index (κ2) is 6.51. The molecule has 110 valence electrons. The Labute approximate surface area is 132 Å². The number of benzene rings is 1. The van der Waals surface area contributed by atoms with Gasteiger partial charge in [-0.1, -0.05) is 19.1 Å². The van der Waals surface area contributed by atoms with Crippen molar-refractivity contribution in [1.29, 1.82) is 0 Å². The van der Waals surface area contributed by atoms with Gasteiger partial charge < -0.3 is 10.1 Å². The number of imidazole rings is 1. The zero-order valence-corrected chi connectivity index (χ0v) is 13.6. The van der Waals surface area contributed by atoms with Crippen LogP contribution in [0.15, 0.2) is 40.7 Å². The summed E-state index contributed by atoms with van der Waals surface area (Å²) in [4.78, 5) is 6.68. The molecule has 21 heavy (non-hydrogen) atoms. The molecule has 3 rings (SSSR count). The van der Waals surface area contributed by atoms with E-state index in [2.05, 4.69) is 27.7 Å². The summed E-state index contributed by atoms with van der Waals surface area (Å²) in [6, 6.07) is 8.04. The summed E-state index contributed by atoms with van der Waals surface area (Å²) in [5.74, 6) is 1.54. The Morgan fingerprint density at radius 3 is 3.05 bits per heavy atom. The van der Waals surface area contributed by atoms with E-state index in [4.69, 9.17) is 4.74 Å². The molecule has 0 spiro atoms. The summed E-state index contributed by atoms with van der Waals surface area (Å²) in [7, 11) is 0. The molecular formula is C15H17N3OS2. The highest BCUT2D eigenvalue weighted by Crippen LogP contribution is 2.33. The molecule has 2 heterocycles. The van der Waals surface area contributed by atoms with E-state index in [9.17, 15) is 0 Å². The predicted molar refractivity (Wildman–Crippen MR) is 88.7 cm³/mol. The molecule has 3 aromatic rings. The van der Waals surface area contributed by atoms with Crippen LogP contribution >= 0.6 is 23.1 Å². The first-order valence-corrected chi connectivity index (χ1v) is 8.90. The summed E-state index contributed by atoms with van der Waals surface area (Å²) < 4.78 is 8.17. The van der Waals surface area contributed by atoms with Gasteiger partial charge in [0.15, 0.2) is 4.96 Å². The van der Waals surface area contributed by atoms with E-state index in [0.29, 0.717) is 5.88 Å². The predicted octanol–water partition coefficient (Wildman–Crippen LogP) is 4.02. The fourth-order valence-corrected chi connectivity index (χ4v) is 3.36. The molecule has 0 atom stereocenters. The molecule has 1 aromatic carbocycles. The molecule has 2 aromatic heterocycles. The zero-order chi connectivity index (χ0) is 14.7. The summed E-state index contributed by atoms with van der Waals surface area (Å²) in [5, 5.41) is 5.39. The number of thiazole rings is 1. The van der Waals surface area contributed by atoms with Crippen molar-refractivity contribution in [3.8, 4) is 11.6 Å². The molecule has 0 saturated carbocycles. The SMILES string of the molecule is CCNCc1c(Oc2ccccc2SC)nc2sccn12. The first-order chi connectivity index (χ1) is 10.3. The summed E-state index contributed by atoms with van der Waals surface area (Å²) in [6.07, 6.45) is 4.08. The lowest BCUT2D eigenvalue weighted by Crippen LogP contribution is -2.13. The largest absolute Gasteiger partial charge is 0.436 e. The quantitative estimate of drug-likeness (QED) is 0.697. The van der Waals surface area contributed by atoms with Gasteiger partial charge in [-0.3, -0.25) is 4.40 Å². The van der Waals surface area contributed by atoms with E-state index in [0.717, 1.165) is 34.4 Å². The Balaban J connectivity index is 1.97. The number of aromatic nitrogens is 2. The molecule has 0 aliphatic rings. The van der Waals surface area contributed by atoms with E-state index in [-0.39, 0.29) is 0 Å². The fourth-order valence-electron chi connectivity index (χ4n) is 2.11. The van der Waals surface area contributed by atoms with Crippen molar-refractivity contribution in [3.05, 3.63) is 41.5 Å². The highest BCUT2D eigenvalue weighted by molar-refractivity contribution is 7.98. The number of hydrogen-bond acceptors (Lipinski definition) is 5. The van der Waals surface area contributed by atoms with Crippen molar-refractivity contribution in [3.63, 3.8) is 0 Å². The molecule has 0 saturated heterocycles. The van der Waals surface area contributed by atoms with Gasteiger partial charge in [-0.05, 0) is 24.9 Å². The first kappa shape index (κ1) is 14.4. The third-order valence-corrected chi connectivity index (χ3v) is 4.68. The van der Waals surface area contributed by atoms with E-state index >= 15 is 0 Å². The highest BCUT2D eigenvalue weighted by Gasteiger charge is 2.16. The van der Waals surface area contributed by atoms with E-state index < -0.39 is 0 Å². The van der Waals surface area contributed by atoms with Crippen molar-refractivity contribution < 1.29 is 4.74 Å². The molecule has 0 radical (unpaired) electrons. The normalized spacial score (nSPS) is 11.1. The van der Waals surface area contributed by atoms with Gasteiger partial charge >= 0.3 is 0 Å². The maximum Gasteiger partial charge on any atom is 0.243 e. The van der Waals surface area contributed by atoms with E-state index in [1.807, 2.05) is 36.0 Å². The van der Waals surface area contributed by atoms with Crippen LogP contribution in [0.5, 0.6) is 11.6 Å². The monoisotopic (exact) mass is 319 g/mol. The number of para-hydroxylation sites is 1. The number of nitrogens with zero attached hydrogens (tertiary/aromatic N) is 2. The van der Waals surface area contributed by atoms with Crippen LogP contribution in [0.4, 0.5) is 0 Å². The lowest BCUT2D eigenvalue weighted by Gasteiger charge is -2.09. The molecule has 4 nitrogen and oxygen atoms in total. The molecule has 6 heteroatoms. The van der Waals surface area contributed by atoms with Gasteiger partial charge in [-0.15, -0.1) is 23.1 Å². The minimum atomic E-state index is 0.685. The van der Waals surface area contributed by atoms with Crippen molar-refractivity contribution in [2.45, 2.75) is 18.4 Å². The standard InChI is InChI=1S/C15H17N3OS2/c1-3-16-10-11-14(17-15-18(11)8-9-21-15)19-12-6-4-5-7-13(12)20-2/h4-9,16H,3,10H2,1-2H3. The van der Waals surface area contributed by atoms with E-state index in [1.165, 1.54) is 0 Å². The van der Waals surface area contributed by atoms with Crippen LogP contribution < -0.4 is 10.1 Å². The topological polar surface area (TPSA) is 38.6 Å². The van der Waals surface area contributed by atoms with Crippen LogP contribution in [0.3, 0.4) is 0 Å². The maximum atomic E-state index is 6.09. The molecule has 0 aliphatic heterocycles. The average Bonchev–Trinajstić information content (AvgIpc) is 3.07. The van der Waals surface area contributed by atoms with Gasteiger partial charge in [0, 0.05) is 23.0 Å². The van der Waals surface area contributed by atoms with Gasteiger partial charge in [0.1, 0.15) is 11.4 Å². The van der Waals surface area contributed by atoms with Crippen LogP contribution in [0.1, 0.15) is 12.6 Å². The summed E-state index contributed by atoms with van der Waals surface area (Å²) >= 11 is 3.29. The van der Waals surface area contributed by atoms with Crippen molar-refractivity contribution >= 4 is 28.1 Å². The number of thioether (sulfide) groups is 1. The van der Waals surface area contributed by atoms with Gasteiger partial charge in [0.05, 0.1) is 0 Å². The lowest BCUT2D eigenvalue weighted by molar-refractivity contribution is 0.446. The van der Waals surface area contributed by atoms with Gasteiger partial charge in [0.2, 0.25) is 5.88 Å². The third-order valence-electron chi connectivity index (χ3n) is 3.14. The highest BCUT2D eigenvalue weighted by atomic mass is 32.2. The lowest BCUT2D eigenvalue weighted by atomic mass is 10.3. The maximum absolute atomic E-state index is 6.09. The number of ether oxygens (including phenoxy) is 1. The minimum Gasteiger partial charge on any atom is -0.436 e. The number of nitrogens with one attached hydrogen (secondary N) is 1. The van der Waals surface area contributed by atoms with Crippen molar-refractivity contribution in [2.75, 3.05) is 12.8 Å². The minimum absolute atomic E-state index is 0.685. The molecule has 0 fully saturated rings. The van der Waals surface area contributed by atoms with Crippen molar-refractivity contribution in [2.24, 2.45) is 0 Å². The average molecular weight is 319 g/mol. The molecule has 0 aliphatic carbocycles. The molecule has 1 N–H and O–H groups in total. The van der Waals surface area contributed by atoms with Crippen molar-refractivity contribution in [1.82, 2.24) is 14.7 Å². The number of hydrogen-bond donors (Lipinski definition) is 1. The molecule has 0 amide bonds. The second-order valence-corrected chi connectivity index (χ2v) is 6.17. The summed E-state index contributed by atoms with van der Waals surface area (Å²) in [5.41, 5.74) is 1.06. The van der Waals surface area contributed by atoms with Crippen LogP contribution in [0.2, 0.25) is 0 Å². The zero-order valence-electron chi connectivity index (χ0n) is 12.0. The second-order valence-electron chi connectivity index (χ2n) is 4.45. The van der Waals surface area contributed by atoms with Gasteiger partial charge in [-0.25, -0.2) is 0 Å². The number of fused-ring (bicyclic) bond motifs is 1. The van der Waals surface area contributed by atoms with Crippen LogP contribution in [-0.2, 0) is 6.54 Å². The van der Waals surface area contributed by atoms with Gasteiger partial charge in [0.25, 0.3) is 0 Å². The van der Waals surface area contributed by atoms with Crippen LogP contribution in [0, 0.1) is 0 Å². The van der Waals surface area contributed by atoms with Crippen LogP contribution in [-0.4, -0.2) is 22.2 Å². The Morgan fingerprint density at radius 1 is 1.38 bits per heavy atom. The molecule has 0 unspecified atom stereocenters. The Kier molecular flexibility index (Phi) is 4.48. The first-order valence-electron chi connectivity index (χ1n) is 6.79. The fraction of sp³-hybridized carbons (Fsp3) is 0.267. The molecule has 0 bridgehead atoms. The van der Waals surface area contributed by atoms with Crippen LogP contribution in [0.25, 0.3) is 4.96 Å². The number of rotatable bonds is 6. The summed E-state index contributed by atoms with van der Waals surface area (Å²) in [6.45, 7) is 3.75.